The zero-order valence-electron chi connectivity index (χ0n) is 11.0. The molecule has 0 aliphatic carbocycles. The molecule has 0 amide bonds. The van der Waals surface area contributed by atoms with Crippen LogP contribution < -0.4 is 5.32 Å². The number of ether oxygens (including phenoxy) is 1. The summed E-state index contributed by atoms with van der Waals surface area (Å²) in [6, 6.07) is 0. The van der Waals surface area contributed by atoms with E-state index in [1.165, 1.54) is 0 Å². The van der Waals surface area contributed by atoms with Gasteiger partial charge < -0.3 is 15.0 Å². The lowest BCUT2D eigenvalue weighted by molar-refractivity contribution is -0.149. The van der Waals surface area contributed by atoms with Crippen molar-refractivity contribution in [2.75, 3.05) is 33.3 Å². The molecule has 5 heteroatoms. The fourth-order valence-corrected chi connectivity index (χ4v) is 2.08. The third-order valence-corrected chi connectivity index (χ3v) is 2.96. The number of nitrogens with zero attached hydrogens (tertiary/aromatic N) is 2. The molecule has 5 nitrogen and oxygen atoms in total. The molecule has 1 saturated heterocycles. The molecule has 17 heavy (non-hydrogen) atoms. The van der Waals surface area contributed by atoms with Crippen molar-refractivity contribution in [3.63, 3.8) is 0 Å². The summed E-state index contributed by atoms with van der Waals surface area (Å²) in [5, 5.41) is 3.23. The Morgan fingerprint density at radius 3 is 2.53 bits per heavy atom. The molecule has 1 heterocycles. The monoisotopic (exact) mass is 241 g/mol. The first kappa shape index (κ1) is 13.8. The maximum Gasteiger partial charge on any atom is 0.309 e. The van der Waals surface area contributed by atoms with Crippen LogP contribution in [0.15, 0.2) is 4.99 Å². The van der Waals surface area contributed by atoms with Crippen molar-refractivity contribution in [3.05, 3.63) is 0 Å². The summed E-state index contributed by atoms with van der Waals surface area (Å²) in [5.74, 6) is 0.936. The van der Waals surface area contributed by atoms with Crippen molar-refractivity contribution in [1.29, 1.82) is 0 Å². The molecule has 0 aromatic heterocycles. The van der Waals surface area contributed by atoms with E-state index in [0.29, 0.717) is 6.61 Å². The number of aliphatic imine (C=N–C) groups is 1. The third kappa shape index (κ3) is 3.91. The average Bonchev–Trinajstić information content (AvgIpc) is 2.36. The molecule has 98 valence electrons. The van der Waals surface area contributed by atoms with Crippen LogP contribution in [0.3, 0.4) is 0 Å². The summed E-state index contributed by atoms with van der Waals surface area (Å²) >= 11 is 0. The van der Waals surface area contributed by atoms with E-state index >= 15 is 0 Å². The predicted molar refractivity (Wildman–Crippen MR) is 68.0 cm³/mol. The molecule has 1 N–H and O–H groups in total. The van der Waals surface area contributed by atoms with E-state index in [2.05, 4.69) is 22.1 Å². The van der Waals surface area contributed by atoms with Crippen LogP contribution in [-0.4, -0.2) is 50.1 Å². The SMILES string of the molecule is CCNC(=NC)N1CCC(C(=O)OCC)CC1. The maximum atomic E-state index is 11.6. The molecule has 0 aromatic rings. The Kier molecular flexibility index (Phi) is 5.80. The van der Waals surface area contributed by atoms with Gasteiger partial charge in [-0.25, -0.2) is 0 Å². The molecular formula is C12H23N3O2. The van der Waals surface area contributed by atoms with Crippen LogP contribution in [0.4, 0.5) is 0 Å². The molecule has 1 aliphatic heterocycles. The number of likely N-dealkylation sites (tertiary alicyclic amines) is 1. The van der Waals surface area contributed by atoms with E-state index in [9.17, 15) is 4.79 Å². The first-order chi connectivity index (χ1) is 8.22. The second kappa shape index (κ2) is 7.14. The molecule has 1 aliphatic rings. The largest absolute Gasteiger partial charge is 0.466 e. The Bertz CT molecular complexity index is 271. The van der Waals surface area contributed by atoms with E-state index in [4.69, 9.17) is 4.74 Å². The van der Waals surface area contributed by atoms with E-state index in [0.717, 1.165) is 38.4 Å². The van der Waals surface area contributed by atoms with Crippen molar-refractivity contribution in [2.45, 2.75) is 26.7 Å². The molecule has 0 saturated carbocycles. The number of hydrogen-bond donors (Lipinski definition) is 1. The average molecular weight is 241 g/mol. The van der Waals surface area contributed by atoms with Gasteiger partial charge >= 0.3 is 5.97 Å². The maximum absolute atomic E-state index is 11.6. The van der Waals surface area contributed by atoms with Gasteiger partial charge in [0.15, 0.2) is 5.96 Å². The molecule has 1 fully saturated rings. The molecule has 0 aromatic carbocycles. The lowest BCUT2D eigenvalue weighted by Gasteiger charge is -2.33. The highest BCUT2D eigenvalue weighted by Crippen LogP contribution is 2.18. The Balaban J connectivity index is 2.42. The fraction of sp³-hybridized carbons (Fsp3) is 0.833. The lowest BCUT2D eigenvalue weighted by atomic mass is 9.97. The summed E-state index contributed by atoms with van der Waals surface area (Å²) in [6.07, 6.45) is 1.70. The van der Waals surface area contributed by atoms with Gasteiger partial charge in [0.25, 0.3) is 0 Å². The van der Waals surface area contributed by atoms with Crippen molar-refractivity contribution in [1.82, 2.24) is 10.2 Å². The van der Waals surface area contributed by atoms with Crippen molar-refractivity contribution < 1.29 is 9.53 Å². The highest BCUT2D eigenvalue weighted by Gasteiger charge is 2.26. The van der Waals surface area contributed by atoms with Gasteiger partial charge in [-0.15, -0.1) is 0 Å². The van der Waals surface area contributed by atoms with Crippen LogP contribution in [0.5, 0.6) is 0 Å². The van der Waals surface area contributed by atoms with Crippen LogP contribution in [0, 0.1) is 5.92 Å². The number of carbonyl (C=O) groups excluding carboxylic acids is 1. The van der Waals surface area contributed by atoms with Gasteiger partial charge in [0, 0.05) is 26.7 Å². The first-order valence-electron chi connectivity index (χ1n) is 6.35. The van der Waals surface area contributed by atoms with Crippen molar-refractivity contribution >= 4 is 11.9 Å². The number of guanidine groups is 1. The summed E-state index contributed by atoms with van der Waals surface area (Å²) in [5.41, 5.74) is 0. The normalized spacial score (nSPS) is 18.1. The molecule has 0 atom stereocenters. The summed E-state index contributed by atoms with van der Waals surface area (Å²) in [6.45, 7) is 6.96. The topological polar surface area (TPSA) is 53.9 Å². The standard InChI is InChI=1S/C12H23N3O2/c1-4-14-12(13-3)15-8-6-10(7-9-15)11(16)17-5-2/h10H,4-9H2,1-3H3,(H,13,14). The number of piperidine rings is 1. The second-order valence-electron chi connectivity index (χ2n) is 4.09. The molecule has 0 bridgehead atoms. The summed E-state index contributed by atoms with van der Waals surface area (Å²) in [7, 11) is 1.79. The fourth-order valence-electron chi connectivity index (χ4n) is 2.08. The Labute approximate surface area is 103 Å². The first-order valence-corrected chi connectivity index (χ1v) is 6.35. The minimum Gasteiger partial charge on any atom is -0.466 e. The number of hydrogen-bond acceptors (Lipinski definition) is 3. The van der Waals surface area contributed by atoms with Gasteiger partial charge in [-0.3, -0.25) is 9.79 Å². The number of rotatable bonds is 3. The van der Waals surface area contributed by atoms with Gasteiger partial charge in [0.2, 0.25) is 0 Å². The smallest absolute Gasteiger partial charge is 0.309 e. The quantitative estimate of drug-likeness (QED) is 0.452. The van der Waals surface area contributed by atoms with Gasteiger partial charge in [0.05, 0.1) is 12.5 Å². The predicted octanol–water partition coefficient (Wildman–Crippen LogP) is 0.857. The van der Waals surface area contributed by atoms with Gasteiger partial charge in [-0.05, 0) is 26.7 Å². The van der Waals surface area contributed by atoms with Crippen LogP contribution in [-0.2, 0) is 9.53 Å². The summed E-state index contributed by atoms with van der Waals surface area (Å²) in [4.78, 5) is 18.0. The van der Waals surface area contributed by atoms with Gasteiger partial charge in [-0.1, -0.05) is 0 Å². The van der Waals surface area contributed by atoms with Crippen LogP contribution in [0.25, 0.3) is 0 Å². The molecule has 0 radical (unpaired) electrons. The van der Waals surface area contributed by atoms with Gasteiger partial charge in [0.1, 0.15) is 0 Å². The molecule has 0 spiro atoms. The molecule has 1 rings (SSSR count). The lowest BCUT2D eigenvalue weighted by Crippen LogP contribution is -2.46. The van der Waals surface area contributed by atoms with Crippen LogP contribution in [0.1, 0.15) is 26.7 Å². The van der Waals surface area contributed by atoms with E-state index < -0.39 is 0 Å². The zero-order chi connectivity index (χ0) is 12.7. The van der Waals surface area contributed by atoms with E-state index in [1.807, 2.05) is 6.92 Å². The van der Waals surface area contributed by atoms with Crippen molar-refractivity contribution in [3.8, 4) is 0 Å². The highest BCUT2D eigenvalue weighted by atomic mass is 16.5. The Hall–Kier alpha value is -1.26. The van der Waals surface area contributed by atoms with E-state index in [-0.39, 0.29) is 11.9 Å². The molecule has 0 unspecified atom stereocenters. The number of carbonyl (C=O) groups is 1. The minimum atomic E-state index is -0.0504. The third-order valence-electron chi connectivity index (χ3n) is 2.96. The van der Waals surface area contributed by atoms with Gasteiger partial charge in [-0.2, -0.15) is 0 Å². The number of esters is 1. The Morgan fingerprint density at radius 1 is 1.41 bits per heavy atom. The van der Waals surface area contributed by atoms with Crippen LogP contribution >= 0.6 is 0 Å². The van der Waals surface area contributed by atoms with E-state index in [1.54, 1.807) is 7.05 Å². The van der Waals surface area contributed by atoms with Crippen molar-refractivity contribution in [2.24, 2.45) is 10.9 Å². The minimum absolute atomic E-state index is 0.0504. The summed E-state index contributed by atoms with van der Waals surface area (Å²) < 4.78 is 5.05. The zero-order valence-corrected chi connectivity index (χ0v) is 11.0. The Morgan fingerprint density at radius 2 is 2.06 bits per heavy atom. The van der Waals surface area contributed by atoms with Crippen LogP contribution in [0.2, 0.25) is 0 Å². The second-order valence-corrected chi connectivity index (χ2v) is 4.09. The number of nitrogens with one attached hydrogen (secondary N) is 1. The molecular weight excluding hydrogens is 218 g/mol. The highest BCUT2D eigenvalue weighted by molar-refractivity contribution is 5.80.